The zero-order valence-corrected chi connectivity index (χ0v) is 4.53. The molecule has 0 heterocycles. The van der Waals surface area contributed by atoms with Crippen molar-refractivity contribution in [3.05, 3.63) is 0 Å². The first-order chi connectivity index (χ1) is 3.27. The van der Waals surface area contributed by atoms with Gasteiger partial charge in [0.2, 0.25) is 0 Å². The van der Waals surface area contributed by atoms with Crippen LogP contribution in [-0.4, -0.2) is 21.9 Å². The molecule has 4 nitrogen and oxygen atoms in total. The van der Waals surface area contributed by atoms with E-state index in [0.29, 0.717) is 13.1 Å². The highest BCUT2D eigenvalue weighted by atomic mass is 32.2. The maximum Gasteiger partial charge on any atom is 0.0194 e. The summed E-state index contributed by atoms with van der Waals surface area (Å²) in [5, 5.41) is 0. The summed E-state index contributed by atoms with van der Waals surface area (Å²) >= 11 is -2.15. The lowest BCUT2D eigenvalue weighted by Gasteiger charge is -2.02. The third-order valence-electron chi connectivity index (χ3n) is 0.364. The fourth-order valence-electron chi connectivity index (χ4n) is 0.142. The van der Waals surface area contributed by atoms with Crippen molar-refractivity contribution < 1.29 is 8.76 Å². The summed E-state index contributed by atoms with van der Waals surface area (Å²) in [6.45, 7) is 0.657. The number of nitrogens with one attached hydrogen (secondary N) is 1. The molecule has 3 N–H and O–H groups in total. The first-order valence-electron chi connectivity index (χ1n) is 1.80. The molecule has 0 radical (unpaired) electrons. The average molecular weight is 123 g/mol. The van der Waals surface area contributed by atoms with Crippen molar-refractivity contribution >= 4 is 11.3 Å². The van der Waals surface area contributed by atoms with Gasteiger partial charge in [-0.2, -0.15) is 0 Å². The van der Waals surface area contributed by atoms with Crippen molar-refractivity contribution in [2.24, 2.45) is 5.73 Å². The Morgan fingerprint density at radius 3 is 2.57 bits per heavy atom. The van der Waals surface area contributed by atoms with Crippen LogP contribution in [0.3, 0.4) is 0 Å². The fraction of sp³-hybridized carbons (Fsp3) is 1.00. The molecule has 0 aliphatic carbocycles. The highest BCUT2D eigenvalue weighted by Gasteiger charge is 1.75. The minimum atomic E-state index is -2.15. The van der Waals surface area contributed by atoms with E-state index in [4.69, 9.17) is 5.73 Å². The number of rotatable bonds is 3. The normalized spacial score (nSPS) is 14.0. The van der Waals surface area contributed by atoms with Crippen molar-refractivity contribution in [2.45, 2.75) is 0 Å². The molecule has 44 valence electrons. The van der Waals surface area contributed by atoms with E-state index in [-0.39, 0.29) is 0 Å². The second-order valence-corrected chi connectivity index (χ2v) is 1.68. The van der Waals surface area contributed by atoms with Gasteiger partial charge in [0.25, 0.3) is 0 Å². The molecular formula is C2H7N2O2S-. The third kappa shape index (κ3) is 6.03. The van der Waals surface area contributed by atoms with E-state index in [1.54, 1.807) is 0 Å². The molecule has 1 atom stereocenters. The van der Waals surface area contributed by atoms with Crippen molar-refractivity contribution in [2.75, 3.05) is 13.1 Å². The van der Waals surface area contributed by atoms with E-state index in [0.717, 1.165) is 0 Å². The first-order valence-corrected chi connectivity index (χ1v) is 2.87. The zero-order valence-electron chi connectivity index (χ0n) is 3.72. The lowest BCUT2D eigenvalue weighted by Crippen LogP contribution is -2.23. The lowest BCUT2D eigenvalue weighted by molar-refractivity contribution is 0.523. The van der Waals surface area contributed by atoms with E-state index in [9.17, 15) is 8.76 Å². The molecule has 5 heteroatoms. The van der Waals surface area contributed by atoms with Gasteiger partial charge in [-0.15, -0.1) is 0 Å². The van der Waals surface area contributed by atoms with Crippen LogP contribution in [0.2, 0.25) is 0 Å². The van der Waals surface area contributed by atoms with Crippen LogP contribution in [0.1, 0.15) is 0 Å². The summed E-state index contributed by atoms with van der Waals surface area (Å²) in [6.07, 6.45) is 0. The molecule has 0 aliphatic rings. The molecule has 0 aromatic rings. The topological polar surface area (TPSA) is 78.2 Å². The maximum absolute atomic E-state index is 9.59. The Kier molecular flexibility index (Phi) is 4.21. The molecule has 0 saturated carbocycles. The van der Waals surface area contributed by atoms with Crippen molar-refractivity contribution in [3.63, 3.8) is 0 Å². The molecule has 0 spiro atoms. The van der Waals surface area contributed by atoms with Gasteiger partial charge in [-0.25, -0.2) is 4.72 Å². The Balaban J connectivity index is 2.82. The number of hydrogen-bond acceptors (Lipinski definition) is 3. The highest BCUT2D eigenvalue weighted by molar-refractivity contribution is 7.77. The van der Waals surface area contributed by atoms with Gasteiger partial charge >= 0.3 is 0 Å². The molecular weight excluding hydrogens is 116 g/mol. The predicted molar refractivity (Wildman–Crippen MR) is 26.0 cm³/mol. The monoisotopic (exact) mass is 123 g/mol. The van der Waals surface area contributed by atoms with Gasteiger partial charge in [0.05, 0.1) is 0 Å². The van der Waals surface area contributed by atoms with Crippen molar-refractivity contribution in [1.82, 2.24) is 4.72 Å². The van der Waals surface area contributed by atoms with Gasteiger partial charge in [0.15, 0.2) is 0 Å². The zero-order chi connectivity index (χ0) is 5.70. The fourth-order valence-corrected chi connectivity index (χ4v) is 0.427. The van der Waals surface area contributed by atoms with Crippen molar-refractivity contribution in [3.8, 4) is 0 Å². The minimum Gasteiger partial charge on any atom is -0.760 e. The molecule has 0 aliphatic heterocycles. The van der Waals surface area contributed by atoms with Crippen LogP contribution in [0, 0.1) is 0 Å². The van der Waals surface area contributed by atoms with Crippen LogP contribution in [0.15, 0.2) is 0 Å². The van der Waals surface area contributed by atoms with E-state index in [1.807, 2.05) is 0 Å². The highest BCUT2D eigenvalue weighted by Crippen LogP contribution is 1.56. The van der Waals surface area contributed by atoms with Crippen molar-refractivity contribution in [1.29, 1.82) is 0 Å². The van der Waals surface area contributed by atoms with Crippen LogP contribution in [0.4, 0.5) is 0 Å². The van der Waals surface area contributed by atoms with Crippen LogP contribution in [-0.2, 0) is 11.3 Å². The Labute approximate surface area is 44.5 Å². The number of nitrogens with two attached hydrogens (primary N) is 1. The maximum atomic E-state index is 9.59. The Hall–Kier alpha value is 0.0300. The summed E-state index contributed by atoms with van der Waals surface area (Å²) in [5.74, 6) is 0. The molecule has 0 saturated heterocycles. The van der Waals surface area contributed by atoms with Gasteiger partial charge in [0, 0.05) is 24.4 Å². The molecule has 1 unspecified atom stereocenters. The van der Waals surface area contributed by atoms with Gasteiger partial charge in [-0.3, -0.25) is 4.21 Å². The smallest absolute Gasteiger partial charge is 0.0194 e. The van der Waals surface area contributed by atoms with E-state index in [1.165, 1.54) is 0 Å². The molecule has 0 rings (SSSR count). The second kappa shape index (κ2) is 4.20. The standard InChI is InChI=1S/C2H8N2O2S/c3-1-2-4-7(5)6/h4H,1-3H2,(H,5,6)/p-1. The third-order valence-corrected chi connectivity index (χ3v) is 0.804. The predicted octanol–water partition coefficient (Wildman–Crippen LogP) is -1.67. The average Bonchev–Trinajstić information content (AvgIpc) is 1.61. The van der Waals surface area contributed by atoms with E-state index in [2.05, 4.69) is 4.72 Å². The summed E-state index contributed by atoms with van der Waals surface area (Å²) in [4.78, 5) is 0. The Bertz CT molecular complexity index is 66.7. The van der Waals surface area contributed by atoms with Crippen LogP contribution < -0.4 is 10.5 Å². The van der Waals surface area contributed by atoms with Crippen LogP contribution >= 0.6 is 0 Å². The lowest BCUT2D eigenvalue weighted by atomic mass is 10.7. The molecule has 0 bridgehead atoms. The quantitative estimate of drug-likeness (QED) is 0.440. The minimum absolute atomic E-state index is 0.316. The molecule has 7 heavy (non-hydrogen) atoms. The molecule has 0 aromatic carbocycles. The van der Waals surface area contributed by atoms with Gasteiger partial charge < -0.3 is 10.3 Å². The Morgan fingerprint density at radius 2 is 2.43 bits per heavy atom. The SMILES string of the molecule is NCCNS(=O)[O-]. The summed E-state index contributed by atoms with van der Waals surface area (Å²) < 4.78 is 21.3. The summed E-state index contributed by atoms with van der Waals surface area (Å²) in [7, 11) is 0. The van der Waals surface area contributed by atoms with Crippen LogP contribution in [0.5, 0.6) is 0 Å². The largest absolute Gasteiger partial charge is 0.760 e. The van der Waals surface area contributed by atoms with Crippen LogP contribution in [0.25, 0.3) is 0 Å². The molecule has 0 amide bonds. The summed E-state index contributed by atoms with van der Waals surface area (Å²) in [6, 6.07) is 0. The van der Waals surface area contributed by atoms with Gasteiger partial charge in [-0.05, 0) is 0 Å². The first kappa shape index (κ1) is 7.03. The van der Waals surface area contributed by atoms with E-state index < -0.39 is 11.3 Å². The molecule has 0 fully saturated rings. The van der Waals surface area contributed by atoms with Gasteiger partial charge in [0.1, 0.15) is 0 Å². The summed E-state index contributed by atoms with van der Waals surface area (Å²) in [5.41, 5.74) is 4.94. The second-order valence-electron chi connectivity index (χ2n) is 0.918. The molecule has 0 aromatic heterocycles. The van der Waals surface area contributed by atoms with E-state index >= 15 is 0 Å². The Morgan fingerprint density at radius 1 is 1.86 bits per heavy atom. The van der Waals surface area contributed by atoms with Gasteiger partial charge in [-0.1, -0.05) is 0 Å². The number of hydrogen-bond donors (Lipinski definition) is 2.